The number of benzene rings is 1. The first kappa shape index (κ1) is 17.8. The fourth-order valence-electron chi connectivity index (χ4n) is 5.33. The molecule has 7 heteroatoms. The van der Waals surface area contributed by atoms with Crippen molar-refractivity contribution in [2.24, 2.45) is 5.92 Å². The van der Waals surface area contributed by atoms with Gasteiger partial charge in [-0.25, -0.2) is 0 Å². The third-order valence-corrected chi connectivity index (χ3v) is 6.71. The summed E-state index contributed by atoms with van der Waals surface area (Å²) in [5.74, 6) is 0.0277. The largest absolute Gasteiger partial charge is 0.322 e. The summed E-state index contributed by atoms with van der Waals surface area (Å²) in [5, 5.41) is 6.00. The highest BCUT2D eigenvalue weighted by molar-refractivity contribution is 6.05. The molecule has 0 aliphatic carbocycles. The van der Waals surface area contributed by atoms with Crippen molar-refractivity contribution in [1.82, 2.24) is 20.4 Å². The maximum Gasteiger partial charge on any atom is 0.255 e. The molecule has 5 rings (SSSR count). The van der Waals surface area contributed by atoms with Gasteiger partial charge in [0.05, 0.1) is 0 Å². The number of amides is 3. The first-order valence-corrected chi connectivity index (χ1v) is 10.3. The minimum absolute atomic E-state index is 0.0742. The van der Waals surface area contributed by atoms with Crippen molar-refractivity contribution in [3.05, 3.63) is 34.9 Å². The lowest BCUT2D eigenvalue weighted by molar-refractivity contribution is -0.136. The number of imide groups is 1. The van der Waals surface area contributed by atoms with Crippen LogP contribution >= 0.6 is 0 Å². The summed E-state index contributed by atoms with van der Waals surface area (Å²) >= 11 is 0. The Morgan fingerprint density at radius 2 is 2.00 bits per heavy atom. The van der Waals surface area contributed by atoms with Crippen molar-refractivity contribution >= 4 is 17.7 Å². The SMILES string of the molecule is O=C1CCC(N2Cc3cccc(CN4C[C@@H]5CCCN[C@@H]5C4)c3C2=O)C(=O)N1. The number of hydrogen-bond donors (Lipinski definition) is 2. The van der Waals surface area contributed by atoms with E-state index in [4.69, 9.17) is 0 Å². The summed E-state index contributed by atoms with van der Waals surface area (Å²) in [6.45, 7) is 4.43. The molecule has 0 aromatic heterocycles. The Morgan fingerprint density at radius 3 is 2.82 bits per heavy atom. The number of rotatable bonds is 3. The number of nitrogens with zero attached hydrogens (tertiary/aromatic N) is 2. The molecule has 0 bridgehead atoms. The van der Waals surface area contributed by atoms with Gasteiger partial charge in [-0.3, -0.25) is 24.6 Å². The molecule has 4 aliphatic rings. The first-order chi connectivity index (χ1) is 13.6. The fraction of sp³-hybridized carbons (Fsp3) is 0.571. The smallest absolute Gasteiger partial charge is 0.255 e. The maximum absolute atomic E-state index is 13.2. The number of hydrogen-bond acceptors (Lipinski definition) is 5. The molecule has 0 saturated carbocycles. The van der Waals surface area contributed by atoms with Crippen molar-refractivity contribution in [2.45, 2.75) is 50.9 Å². The Kier molecular flexibility index (Phi) is 4.44. The molecule has 28 heavy (non-hydrogen) atoms. The van der Waals surface area contributed by atoms with E-state index in [1.54, 1.807) is 4.90 Å². The van der Waals surface area contributed by atoms with E-state index < -0.39 is 6.04 Å². The second-order valence-corrected chi connectivity index (χ2v) is 8.51. The van der Waals surface area contributed by atoms with Crippen LogP contribution in [0.4, 0.5) is 0 Å². The highest BCUT2D eigenvalue weighted by atomic mass is 16.2. The van der Waals surface area contributed by atoms with Gasteiger partial charge in [-0.1, -0.05) is 18.2 Å². The molecule has 1 aromatic rings. The first-order valence-electron chi connectivity index (χ1n) is 10.3. The minimum atomic E-state index is -0.552. The van der Waals surface area contributed by atoms with Crippen LogP contribution in [-0.4, -0.2) is 59.2 Å². The molecule has 3 atom stereocenters. The zero-order chi connectivity index (χ0) is 19.3. The van der Waals surface area contributed by atoms with Gasteiger partial charge in [0, 0.05) is 44.2 Å². The van der Waals surface area contributed by atoms with Crippen LogP contribution in [0.15, 0.2) is 18.2 Å². The van der Waals surface area contributed by atoms with Gasteiger partial charge in [0.25, 0.3) is 5.91 Å². The van der Waals surface area contributed by atoms with Gasteiger partial charge in [-0.05, 0) is 42.9 Å². The van der Waals surface area contributed by atoms with Gasteiger partial charge in [0.1, 0.15) is 6.04 Å². The summed E-state index contributed by atoms with van der Waals surface area (Å²) in [7, 11) is 0. The predicted molar refractivity (Wildman–Crippen MR) is 102 cm³/mol. The van der Waals surface area contributed by atoms with Crippen LogP contribution in [0.1, 0.15) is 47.2 Å². The molecule has 1 unspecified atom stereocenters. The molecular weight excluding hydrogens is 356 g/mol. The zero-order valence-corrected chi connectivity index (χ0v) is 15.9. The van der Waals surface area contributed by atoms with Crippen molar-refractivity contribution in [2.75, 3.05) is 19.6 Å². The molecule has 2 N–H and O–H groups in total. The van der Waals surface area contributed by atoms with Crippen LogP contribution in [0.2, 0.25) is 0 Å². The van der Waals surface area contributed by atoms with Crippen LogP contribution < -0.4 is 10.6 Å². The topological polar surface area (TPSA) is 81.8 Å². The predicted octanol–water partition coefficient (Wildman–Crippen LogP) is 0.631. The Bertz CT molecular complexity index is 825. The lowest BCUT2D eigenvalue weighted by Crippen LogP contribution is -2.52. The number of carbonyl (C=O) groups excluding carboxylic acids is 3. The Morgan fingerprint density at radius 1 is 1.11 bits per heavy atom. The monoisotopic (exact) mass is 382 g/mol. The molecule has 0 radical (unpaired) electrons. The zero-order valence-electron chi connectivity index (χ0n) is 15.9. The van der Waals surface area contributed by atoms with E-state index in [1.165, 1.54) is 12.8 Å². The molecule has 3 saturated heterocycles. The van der Waals surface area contributed by atoms with E-state index in [0.717, 1.165) is 42.9 Å². The van der Waals surface area contributed by atoms with Crippen LogP contribution in [-0.2, 0) is 22.7 Å². The quantitative estimate of drug-likeness (QED) is 0.750. The van der Waals surface area contributed by atoms with Gasteiger partial charge in [0.15, 0.2) is 0 Å². The molecule has 3 amide bonds. The number of piperidine rings is 2. The lowest BCUT2D eigenvalue weighted by atomic mass is 9.94. The van der Waals surface area contributed by atoms with Gasteiger partial charge in [-0.2, -0.15) is 0 Å². The maximum atomic E-state index is 13.2. The van der Waals surface area contributed by atoms with E-state index in [-0.39, 0.29) is 24.1 Å². The van der Waals surface area contributed by atoms with Gasteiger partial charge in [0.2, 0.25) is 11.8 Å². The van der Waals surface area contributed by atoms with Gasteiger partial charge < -0.3 is 10.2 Å². The lowest BCUT2D eigenvalue weighted by Gasteiger charge is -2.29. The average Bonchev–Trinajstić information content (AvgIpc) is 3.23. The van der Waals surface area contributed by atoms with E-state index in [2.05, 4.69) is 15.5 Å². The standard InChI is InChI=1S/C21H26N4O3/c26-18-7-6-17(20(27)23-18)25-11-15-4-1-3-14(19(15)21(25)28)10-24-9-13-5-2-8-22-16(13)12-24/h1,3-4,13,16-17,22H,2,5-12H2,(H,23,26,27)/t13-,16+,17?/m0/s1. The molecule has 7 nitrogen and oxygen atoms in total. The summed E-state index contributed by atoms with van der Waals surface area (Å²) < 4.78 is 0. The van der Waals surface area contributed by atoms with Crippen LogP contribution in [0.5, 0.6) is 0 Å². The summed E-state index contributed by atoms with van der Waals surface area (Å²) in [5.41, 5.74) is 2.80. The van der Waals surface area contributed by atoms with Crippen LogP contribution in [0.3, 0.4) is 0 Å². The number of fused-ring (bicyclic) bond motifs is 2. The van der Waals surface area contributed by atoms with E-state index in [1.807, 2.05) is 18.2 Å². The molecule has 1 aromatic carbocycles. The average molecular weight is 382 g/mol. The van der Waals surface area contributed by atoms with E-state index in [9.17, 15) is 14.4 Å². The third-order valence-electron chi connectivity index (χ3n) is 6.71. The normalized spacial score (nSPS) is 30.4. The van der Waals surface area contributed by atoms with E-state index >= 15 is 0 Å². The molecule has 3 fully saturated rings. The Labute approximate surface area is 164 Å². The molecular formula is C21H26N4O3. The molecule has 4 aliphatic heterocycles. The summed E-state index contributed by atoms with van der Waals surface area (Å²) in [6, 6.07) is 6.05. The molecule has 4 heterocycles. The van der Waals surface area contributed by atoms with Crippen LogP contribution in [0, 0.1) is 5.92 Å². The molecule has 148 valence electrons. The van der Waals surface area contributed by atoms with Crippen molar-refractivity contribution in [3.63, 3.8) is 0 Å². The minimum Gasteiger partial charge on any atom is -0.322 e. The fourth-order valence-corrected chi connectivity index (χ4v) is 5.33. The second kappa shape index (κ2) is 6.97. The summed E-state index contributed by atoms with van der Waals surface area (Å²) in [6.07, 6.45) is 3.21. The van der Waals surface area contributed by atoms with Crippen molar-refractivity contribution in [3.8, 4) is 0 Å². The second-order valence-electron chi connectivity index (χ2n) is 8.51. The number of likely N-dealkylation sites (tertiary alicyclic amines) is 1. The highest BCUT2D eigenvalue weighted by Gasteiger charge is 2.41. The van der Waals surface area contributed by atoms with Crippen molar-refractivity contribution in [1.29, 1.82) is 0 Å². The van der Waals surface area contributed by atoms with E-state index in [0.29, 0.717) is 24.9 Å². The van der Waals surface area contributed by atoms with Crippen molar-refractivity contribution < 1.29 is 14.4 Å². The van der Waals surface area contributed by atoms with Gasteiger partial charge in [-0.15, -0.1) is 0 Å². The Hall–Kier alpha value is -2.25. The summed E-state index contributed by atoms with van der Waals surface area (Å²) in [4.78, 5) is 41.0. The van der Waals surface area contributed by atoms with Gasteiger partial charge >= 0.3 is 0 Å². The molecule has 0 spiro atoms. The Balaban J connectivity index is 1.34. The highest BCUT2D eigenvalue weighted by Crippen LogP contribution is 2.32. The number of carbonyl (C=O) groups is 3. The third kappa shape index (κ3) is 3.02. The number of nitrogens with one attached hydrogen (secondary N) is 2. The van der Waals surface area contributed by atoms with Crippen LogP contribution in [0.25, 0.3) is 0 Å².